The quantitative estimate of drug-likeness (QED) is 0.360. The normalized spacial score (nSPS) is 30.0. The lowest BCUT2D eigenvalue weighted by atomic mass is 9.63. The fourth-order valence-electron chi connectivity index (χ4n) is 2.73. The van der Waals surface area contributed by atoms with Crippen LogP contribution < -0.4 is 0 Å². The number of alkyl halides is 1. The van der Waals surface area contributed by atoms with E-state index in [9.17, 15) is 29.0 Å². The van der Waals surface area contributed by atoms with Crippen LogP contribution in [-0.4, -0.2) is 32.8 Å². The maximum atomic E-state index is 13.0. The van der Waals surface area contributed by atoms with Crippen LogP contribution in [-0.2, 0) is 9.59 Å². The van der Waals surface area contributed by atoms with E-state index < -0.39 is 39.2 Å². The number of hydrogen-bond acceptors (Lipinski definition) is 3. The first-order valence-electron chi connectivity index (χ1n) is 6.75. The summed E-state index contributed by atoms with van der Waals surface area (Å²) in [7, 11) is 0. The molecular formula is C16H14BrFO5. The Balaban J connectivity index is 2.59. The van der Waals surface area contributed by atoms with E-state index in [4.69, 9.17) is 0 Å². The molecule has 23 heavy (non-hydrogen) atoms. The average Bonchev–Trinajstić information content (AvgIpc) is 2.50. The Morgan fingerprint density at radius 1 is 1.17 bits per heavy atom. The molecule has 2 rings (SSSR count). The lowest BCUT2D eigenvalue weighted by molar-refractivity contribution is -0.151. The molecule has 3 atom stereocenters. The molecule has 2 N–H and O–H groups in total. The second kappa shape index (κ2) is 5.88. The SMILES string of the molecule is CC1(C(=O)O)C=CCC(C(=O)O)(C(=O)c2ccc(F)cc2)C1Br. The van der Waals surface area contributed by atoms with Crippen LogP contribution >= 0.6 is 15.9 Å². The highest BCUT2D eigenvalue weighted by Gasteiger charge is 2.60. The third-order valence-corrected chi connectivity index (χ3v) is 5.95. The number of hydrogen-bond donors (Lipinski definition) is 2. The smallest absolute Gasteiger partial charge is 0.319 e. The van der Waals surface area contributed by atoms with E-state index in [0.717, 1.165) is 12.1 Å². The largest absolute Gasteiger partial charge is 0.481 e. The number of rotatable bonds is 4. The van der Waals surface area contributed by atoms with Crippen LogP contribution in [0.25, 0.3) is 0 Å². The molecule has 7 heteroatoms. The predicted molar refractivity (Wildman–Crippen MR) is 83.0 cm³/mol. The molecule has 0 aromatic heterocycles. The van der Waals surface area contributed by atoms with Gasteiger partial charge in [-0.05, 0) is 37.6 Å². The van der Waals surface area contributed by atoms with Crippen molar-refractivity contribution in [1.29, 1.82) is 0 Å². The summed E-state index contributed by atoms with van der Waals surface area (Å²) in [6.07, 6.45) is 2.62. The Bertz CT molecular complexity index is 699. The Labute approximate surface area is 139 Å². The van der Waals surface area contributed by atoms with Gasteiger partial charge >= 0.3 is 11.9 Å². The number of allylic oxidation sites excluding steroid dienone is 1. The van der Waals surface area contributed by atoms with Crippen molar-refractivity contribution in [1.82, 2.24) is 0 Å². The summed E-state index contributed by atoms with van der Waals surface area (Å²) in [5, 5.41) is 19.1. The molecule has 1 aromatic carbocycles. The molecule has 122 valence electrons. The van der Waals surface area contributed by atoms with Gasteiger partial charge in [-0.2, -0.15) is 0 Å². The van der Waals surface area contributed by atoms with Crippen LogP contribution in [0.1, 0.15) is 23.7 Å². The minimum Gasteiger partial charge on any atom is -0.481 e. The van der Waals surface area contributed by atoms with Gasteiger partial charge in [0, 0.05) is 5.56 Å². The van der Waals surface area contributed by atoms with Crippen LogP contribution in [0.4, 0.5) is 4.39 Å². The van der Waals surface area contributed by atoms with Gasteiger partial charge in [-0.25, -0.2) is 4.39 Å². The third-order valence-electron chi connectivity index (χ3n) is 4.22. The number of carboxylic acid groups (broad SMARTS) is 2. The highest BCUT2D eigenvalue weighted by Crippen LogP contribution is 2.49. The van der Waals surface area contributed by atoms with Gasteiger partial charge in [0.2, 0.25) is 0 Å². The van der Waals surface area contributed by atoms with E-state index in [-0.39, 0.29) is 12.0 Å². The molecular weight excluding hydrogens is 371 g/mol. The Kier molecular flexibility index (Phi) is 4.43. The van der Waals surface area contributed by atoms with Crippen molar-refractivity contribution in [3.05, 3.63) is 47.8 Å². The summed E-state index contributed by atoms with van der Waals surface area (Å²) >= 11 is 3.14. The van der Waals surface area contributed by atoms with Crippen molar-refractivity contribution in [3.8, 4) is 0 Å². The van der Waals surface area contributed by atoms with Gasteiger partial charge in [-0.1, -0.05) is 28.1 Å². The Morgan fingerprint density at radius 2 is 1.74 bits per heavy atom. The van der Waals surface area contributed by atoms with Gasteiger partial charge in [0.1, 0.15) is 11.2 Å². The average molecular weight is 385 g/mol. The van der Waals surface area contributed by atoms with Crippen LogP contribution in [0, 0.1) is 16.6 Å². The maximum absolute atomic E-state index is 13.0. The molecule has 0 bridgehead atoms. The summed E-state index contributed by atoms with van der Waals surface area (Å²) in [6.45, 7) is 1.35. The minimum absolute atomic E-state index is 0.0151. The second-order valence-corrected chi connectivity index (χ2v) is 6.59. The lowest BCUT2D eigenvalue weighted by Gasteiger charge is -2.42. The molecule has 0 fully saturated rings. The van der Waals surface area contributed by atoms with E-state index >= 15 is 0 Å². The number of carbonyl (C=O) groups excluding carboxylic acids is 1. The first-order chi connectivity index (χ1) is 10.7. The zero-order valence-electron chi connectivity index (χ0n) is 12.1. The molecule has 0 radical (unpaired) electrons. The number of aliphatic carboxylic acids is 2. The molecule has 0 spiro atoms. The molecule has 0 saturated heterocycles. The van der Waals surface area contributed by atoms with E-state index in [0.29, 0.717) is 0 Å². The van der Waals surface area contributed by atoms with Crippen LogP contribution in [0.15, 0.2) is 36.4 Å². The monoisotopic (exact) mass is 384 g/mol. The number of halogens is 2. The van der Waals surface area contributed by atoms with Gasteiger partial charge in [-0.3, -0.25) is 14.4 Å². The standard InChI is InChI=1S/C16H14BrFO5/c1-15(13(20)21)7-2-8-16(12(15)17,14(22)23)11(19)9-3-5-10(18)6-4-9/h2-7,12H,8H2,1H3,(H,20,21)(H,22,23). The minimum atomic E-state index is -1.99. The highest BCUT2D eigenvalue weighted by atomic mass is 79.9. The molecule has 5 nitrogen and oxygen atoms in total. The molecule has 0 heterocycles. The first-order valence-corrected chi connectivity index (χ1v) is 7.66. The van der Waals surface area contributed by atoms with Crippen molar-refractivity contribution in [2.24, 2.45) is 10.8 Å². The predicted octanol–water partition coefficient (Wildman–Crippen LogP) is 2.89. The zero-order chi connectivity index (χ0) is 17.4. The van der Waals surface area contributed by atoms with E-state index in [1.165, 1.54) is 31.2 Å². The fraction of sp³-hybridized carbons (Fsp3) is 0.312. The van der Waals surface area contributed by atoms with Gasteiger partial charge in [-0.15, -0.1) is 0 Å². The zero-order valence-corrected chi connectivity index (χ0v) is 13.7. The van der Waals surface area contributed by atoms with Crippen molar-refractivity contribution >= 4 is 33.7 Å². The Morgan fingerprint density at radius 3 is 2.22 bits per heavy atom. The summed E-state index contributed by atoms with van der Waals surface area (Å²) in [5.41, 5.74) is -3.53. The number of ketones is 1. The molecule has 1 aliphatic carbocycles. The maximum Gasteiger partial charge on any atom is 0.319 e. The van der Waals surface area contributed by atoms with Crippen LogP contribution in [0.2, 0.25) is 0 Å². The fourth-order valence-corrected chi connectivity index (χ4v) is 3.67. The number of carboxylic acids is 2. The van der Waals surface area contributed by atoms with Gasteiger partial charge in [0.15, 0.2) is 5.78 Å². The van der Waals surface area contributed by atoms with Gasteiger partial charge < -0.3 is 10.2 Å². The highest BCUT2D eigenvalue weighted by molar-refractivity contribution is 9.09. The Hall–Kier alpha value is -2.02. The molecule has 0 aliphatic heterocycles. The second-order valence-electron chi connectivity index (χ2n) is 5.67. The van der Waals surface area contributed by atoms with Crippen molar-refractivity contribution in [3.63, 3.8) is 0 Å². The molecule has 0 amide bonds. The summed E-state index contributed by atoms with van der Waals surface area (Å²) < 4.78 is 13.0. The van der Waals surface area contributed by atoms with Crippen LogP contribution in [0.5, 0.6) is 0 Å². The molecule has 1 aliphatic rings. The summed E-state index contributed by atoms with van der Waals surface area (Å²) in [4.78, 5) is 35.2. The van der Waals surface area contributed by atoms with Crippen molar-refractivity contribution in [2.75, 3.05) is 0 Å². The van der Waals surface area contributed by atoms with Crippen LogP contribution in [0.3, 0.4) is 0 Å². The van der Waals surface area contributed by atoms with E-state index in [1.54, 1.807) is 0 Å². The van der Waals surface area contributed by atoms with Gasteiger partial charge in [0.25, 0.3) is 0 Å². The van der Waals surface area contributed by atoms with Crippen molar-refractivity contribution < 1.29 is 29.0 Å². The first kappa shape index (κ1) is 17.3. The molecule has 1 aromatic rings. The van der Waals surface area contributed by atoms with Gasteiger partial charge in [0.05, 0.1) is 10.2 Å². The topological polar surface area (TPSA) is 91.7 Å². The molecule has 3 unspecified atom stereocenters. The van der Waals surface area contributed by atoms with E-state index in [2.05, 4.69) is 15.9 Å². The summed E-state index contributed by atoms with van der Waals surface area (Å²) in [5.74, 6) is -3.98. The summed E-state index contributed by atoms with van der Waals surface area (Å²) in [6, 6.07) is 4.50. The third kappa shape index (κ3) is 2.59. The van der Waals surface area contributed by atoms with E-state index in [1.807, 2.05) is 0 Å². The number of Topliss-reactive ketones (excluding diaryl/α,β-unsaturated/α-hetero) is 1. The number of carbonyl (C=O) groups is 3. The molecule has 0 saturated carbocycles. The number of benzene rings is 1. The van der Waals surface area contributed by atoms with Crippen molar-refractivity contribution in [2.45, 2.75) is 18.2 Å². The lowest BCUT2D eigenvalue weighted by Crippen LogP contribution is -2.56.